The molecule has 2 aromatic heterocycles. The van der Waals surface area contributed by atoms with Gasteiger partial charge in [0.15, 0.2) is 0 Å². The number of hydrogen-bond donors (Lipinski definition) is 1. The Bertz CT molecular complexity index is 1290. The monoisotopic (exact) mass is 471 g/mol. The molecule has 2 amide bonds. The molecule has 172 valence electrons. The van der Waals surface area contributed by atoms with Crippen LogP contribution < -0.4 is 5.32 Å². The van der Waals surface area contributed by atoms with E-state index in [0.717, 1.165) is 27.4 Å². The summed E-state index contributed by atoms with van der Waals surface area (Å²) in [5.41, 5.74) is 4.74. The number of carbonyl (C=O) groups is 2. The second-order valence-corrected chi connectivity index (χ2v) is 9.07. The van der Waals surface area contributed by atoms with Crippen LogP contribution in [-0.4, -0.2) is 28.1 Å². The summed E-state index contributed by atoms with van der Waals surface area (Å²) in [7, 11) is 0. The zero-order chi connectivity index (χ0) is 23.5. The number of thiophene rings is 1. The maximum Gasteiger partial charge on any atom is 0.323 e. The van der Waals surface area contributed by atoms with Crippen molar-refractivity contribution in [3.63, 3.8) is 0 Å². The number of para-hydroxylation sites is 1. The highest BCUT2D eigenvalue weighted by atomic mass is 32.1. The Morgan fingerprint density at radius 2 is 1.85 bits per heavy atom. The quantitative estimate of drug-likeness (QED) is 0.375. The Morgan fingerprint density at radius 1 is 1.03 bits per heavy atom. The first kappa shape index (κ1) is 22.0. The molecule has 0 bridgehead atoms. The molecule has 0 saturated heterocycles. The summed E-state index contributed by atoms with van der Waals surface area (Å²) in [5, 5.41) is 5.10. The van der Waals surface area contributed by atoms with Gasteiger partial charge >= 0.3 is 12.0 Å². The normalized spacial score (nSPS) is 14.6. The number of aromatic nitrogens is 1. The molecule has 0 unspecified atom stereocenters. The van der Waals surface area contributed by atoms with Crippen molar-refractivity contribution < 1.29 is 14.3 Å². The van der Waals surface area contributed by atoms with E-state index >= 15 is 0 Å². The maximum absolute atomic E-state index is 13.7. The Morgan fingerprint density at radius 3 is 2.62 bits per heavy atom. The third-order valence-corrected chi connectivity index (χ3v) is 6.82. The molecule has 1 N–H and O–H groups in total. The van der Waals surface area contributed by atoms with Gasteiger partial charge in [0.05, 0.1) is 31.0 Å². The molecule has 0 spiro atoms. The number of nitrogens with zero attached hydrogens (tertiary/aromatic N) is 2. The molecule has 5 rings (SSSR count). The highest BCUT2D eigenvalue weighted by Gasteiger charge is 2.33. The van der Waals surface area contributed by atoms with Gasteiger partial charge in [-0.15, -0.1) is 11.3 Å². The van der Waals surface area contributed by atoms with Crippen LogP contribution in [0.1, 0.15) is 34.7 Å². The molecule has 1 aliphatic heterocycles. The molecule has 3 heterocycles. The van der Waals surface area contributed by atoms with Crippen molar-refractivity contribution in [2.24, 2.45) is 0 Å². The van der Waals surface area contributed by atoms with Crippen LogP contribution in [0.4, 0.5) is 10.5 Å². The lowest BCUT2D eigenvalue weighted by Gasteiger charge is -2.30. The summed E-state index contributed by atoms with van der Waals surface area (Å²) < 4.78 is 7.19. The van der Waals surface area contributed by atoms with E-state index in [1.807, 2.05) is 58.8 Å². The molecular formula is C27H25N3O3S. The SMILES string of the molecule is CCOC(=O)Cc1ccc(NC(=O)N2Cc3ccccc3-n3cccc3[C@H]2c2cccs2)cc1. The van der Waals surface area contributed by atoms with E-state index in [0.29, 0.717) is 18.8 Å². The van der Waals surface area contributed by atoms with Gasteiger partial charge in [-0.1, -0.05) is 36.4 Å². The van der Waals surface area contributed by atoms with Crippen LogP contribution in [-0.2, 0) is 22.5 Å². The number of urea groups is 1. The van der Waals surface area contributed by atoms with Gasteiger partial charge in [0.1, 0.15) is 6.04 Å². The van der Waals surface area contributed by atoms with E-state index in [2.05, 4.69) is 40.3 Å². The van der Waals surface area contributed by atoms with Gasteiger partial charge in [-0.3, -0.25) is 4.79 Å². The first-order valence-electron chi connectivity index (χ1n) is 11.2. The summed E-state index contributed by atoms with van der Waals surface area (Å²) in [5.74, 6) is -0.260. The molecule has 0 aliphatic carbocycles. The third kappa shape index (κ3) is 4.34. The molecule has 4 aromatic rings. The predicted molar refractivity (Wildman–Crippen MR) is 133 cm³/mol. The number of anilines is 1. The van der Waals surface area contributed by atoms with E-state index < -0.39 is 0 Å². The summed E-state index contributed by atoms with van der Waals surface area (Å²) in [4.78, 5) is 28.4. The first-order valence-corrected chi connectivity index (χ1v) is 12.1. The van der Waals surface area contributed by atoms with Crippen LogP contribution in [0.5, 0.6) is 0 Å². The van der Waals surface area contributed by atoms with Crippen LogP contribution in [0.15, 0.2) is 84.4 Å². The van der Waals surface area contributed by atoms with Gasteiger partial charge in [-0.2, -0.15) is 0 Å². The Labute approximate surface area is 202 Å². The summed E-state index contributed by atoms with van der Waals surface area (Å²) in [6.45, 7) is 2.63. The summed E-state index contributed by atoms with van der Waals surface area (Å²) in [6, 6.07) is 23.3. The number of nitrogens with one attached hydrogen (secondary N) is 1. The van der Waals surface area contributed by atoms with Crippen molar-refractivity contribution >= 4 is 29.0 Å². The number of fused-ring (bicyclic) bond motifs is 3. The van der Waals surface area contributed by atoms with Gasteiger partial charge in [0.2, 0.25) is 0 Å². The second-order valence-electron chi connectivity index (χ2n) is 8.09. The van der Waals surface area contributed by atoms with E-state index in [1.54, 1.807) is 18.3 Å². The largest absolute Gasteiger partial charge is 0.466 e. The first-order chi connectivity index (χ1) is 16.6. The lowest BCUT2D eigenvalue weighted by atomic mass is 10.1. The molecule has 1 aliphatic rings. The number of hydrogen-bond acceptors (Lipinski definition) is 4. The fraction of sp³-hybridized carbons (Fsp3) is 0.185. The second kappa shape index (κ2) is 9.57. The van der Waals surface area contributed by atoms with Crippen LogP contribution in [0.3, 0.4) is 0 Å². The van der Waals surface area contributed by atoms with Gasteiger partial charge in [-0.05, 0) is 59.8 Å². The zero-order valence-corrected chi connectivity index (χ0v) is 19.6. The highest BCUT2D eigenvalue weighted by Crippen LogP contribution is 2.38. The van der Waals surface area contributed by atoms with Gasteiger partial charge in [-0.25, -0.2) is 4.79 Å². The number of carbonyl (C=O) groups excluding carboxylic acids is 2. The number of amides is 2. The number of rotatable bonds is 5. The smallest absolute Gasteiger partial charge is 0.323 e. The number of ether oxygens (including phenoxy) is 1. The van der Waals surface area contributed by atoms with Crippen molar-refractivity contribution in [2.75, 3.05) is 11.9 Å². The van der Waals surface area contributed by atoms with Gasteiger partial charge < -0.3 is 19.5 Å². The molecule has 7 heteroatoms. The minimum absolute atomic E-state index is 0.180. The molecular weight excluding hydrogens is 446 g/mol. The number of esters is 1. The molecule has 0 saturated carbocycles. The third-order valence-electron chi connectivity index (χ3n) is 5.90. The Kier molecular flexibility index (Phi) is 6.18. The van der Waals surface area contributed by atoms with Crippen LogP contribution >= 0.6 is 11.3 Å². The summed E-state index contributed by atoms with van der Waals surface area (Å²) >= 11 is 1.64. The molecule has 6 nitrogen and oxygen atoms in total. The van der Waals surface area contributed by atoms with E-state index in [1.165, 1.54) is 0 Å². The summed E-state index contributed by atoms with van der Waals surface area (Å²) in [6.07, 6.45) is 2.26. The van der Waals surface area contributed by atoms with Crippen molar-refractivity contribution in [1.29, 1.82) is 0 Å². The maximum atomic E-state index is 13.7. The average Bonchev–Trinajstić information content (AvgIpc) is 3.52. The van der Waals surface area contributed by atoms with Gasteiger partial charge in [0.25, 0.3) is 0 Å². The topological polar surface area (TPSA) is 63.6 Å². The van der Waals surface area contributed by atoms with Crippen molar-refractivity contribution in [2.45, 2.75) is 25.9 Å². The molecule has 34 heavy (non-hydrogen) atoms. The fourth-order valence-electron chi connectivity index (χ4n) is 4.37. The predicted octanol–water partition coefficient (Wildman–Crippen LogP) is 5.78. The van der Waals surface area contributed by atoms with Crippen LogP contribution in [0, 0.1) is 0 Å². The highest BCUT2D eigenvalue weighted by molar-refractivity contribution is 7.10. The van der Waals surface area contributed by atoms with Crippen molar-refractivity contribution in [3.05, 3.63) is 106 Å². The number of benzene rings is 2. The minimum Gasteiger partial charge on any atom is -0.466 e. The molecule has 0 radical (unpaired) electrons. The van der Waals surface area contributed by atoms with Crippen molar-refractivity contribution in [3.8, 4) is 5.69 Å². The zero-order valence-electron chi connectivity index (χ0n) is 18.8. The Balaban J connectivity index is 1.44. The van der Waals surface area contributed by atoms with Crippen LogP contribution in [0.2, 0.25) is 0 Å². The molecule has 2 aromatic carbocycles. The average molecular weight is 472 g/mol. The lowest BCUT2D eigenvalue weighted by molar-refractivity contribution is -0.142. The van der Waals surface area contributed by atoms with Crippen LogP contribution in [0.25, 0.3) is 5.69 Å². The van der Waals surface area contributed by atoms with E-state index in [9.17, 15) is 9.59 Å². The fourth-order valence-corrected chi connectivity index (χ4v) is 5.21. The van der Waals surface area contributed by atoms with Gasteiger partial charge in [0, 0.05) is 16.8 Å². The minimum atomic E-state index is -0.260. The van der Waals surface area contributed by atoms with Crippen molar-refractivity contribution in [1.82, 2.24) is 9.47 Å². The lowest BCUT2D eigenvalue weighted by Crippen LogP contribution is -2.37. The Hall–Kier alpha value is -3.84. The molecule has 1 atom stereocenters. The van der Waals surface area contributed by atoms with E-state index in [4.69, 9.17) is 4.74 Å². The molecule has 0 fully saturated rings. The van der Waals surface area contributed by atoms with E-state index in [-0.39, 0.29) is 24.5 Å². The standard InChI is InChI=1S/C27H25N3O3S/c1-2-33-25(31)17-19-11-13-21(14-12-19)28-27(32)30-18-20-7-3-4-8-22(20)29-15-5-9-23(29)26(30)24-10-6-16-34-24/h3-16,26H,2,17-18H2,1H3,(H,28,32)/t26-/m0/s1.